The summed E-state index contributed by atoms with van der Waals surface area (Å²) in [5, 5.41) is 12.8. The van der Waals surface area contributed by atoms with Crippen molar-refractivity contribution < 1.29 is 14.3 Å². The third kappa shape index (κ3) is 7.46. The quantitative estimate of drug-likeness (QED) is 0.358. The summed E-state index contributed by atoms with van der Waals surface area (Å²) in [6.07, 6.45) is 0.760. The van der Waals surface area contributed by atoms with Crippen molar-refractivity contribution in [2.75, 3.05) is 57.4 Å². The molecule has 10 heteroatoms. The van der Waals surface area contributed by atoms with Crippen LogP contribution in [0.5, 0.6) is 5.75 Å². The third-order valence-corrected chi connectivity index (χ3v) is 8.65. The number of carbonyl (C=O) groups excluding carboxylic acids is 1. The maximum absolute atomic E-state index is 13.3. The highest BCUT2D eigenvalue weighted by atomic mass is 35.5. The summed E-state index contributed by atoms with van der Waals surface area (Å²) < 4.78 is 12.0. The second-order valence-electron chi connectivity index (χ2n) is 11.9. The normalized spacial score (nSPS) is 21.2. The van der Waals surface area contributed by atoms with E-state index in [1.54, 1.807) is 18.2 Å². The predicted molar refractivity (Wildman–Crippen MR) is 166 cm³/mol. The average molecular weight is 605 g/mol. The molecule has 0 radical (unpaired) electrons. The Bertz CT molecular complexity index is 1190. The van der Waals surface area contributed by atoms with Gasteiger partial charge in [-0.3, -0.25) is 9.69 Å². The maximum atomic E-state index is 13.3. The molecule has 1 heterocycles. The van der Waals surface area contributed by atoms with Crippen LogP contribution in [0.2, 0.25) is 5.02 Å². The SMILES string of the molecule is CC1(C)C(NC(=O)c2ccc(N3CCN(CCOCCCN)CC3)cc2)C(C)(C)C1Oc1ccc(C#N)c(Cl)c1.Cl. The number of nitriles is 1. The molecule has 2 aliphatic rings. The average Bonchev–Trinajstić information content (AvgIpc) is 2.94. The Balaban J connectivity index is 0.00000462. The van der Waals surface area contributed by atoms with Crippen LogP contribution in [-0.4, -0.2) is 75.4 Å². The molecule has 0 bridgehead atoms. The fourth-order valence-electron chi connectivity index (χ4n) is 6.34. The molecule has 4 rings (SSSR count). The summed E-state index contributed by atoms with van der Waals surface area (Å²) in [5.41, 5.74) is 7.08. The van der Waals surface area contributed by atoms with Crippen molar-refractivity contribution in [1.82, 2.24) is 10.2 Å². The predicted octanol–water partition coefficient (Wildman–Crippen LogP) is 4.73. The monoisotopic (exact) mass is 603 g/mol. The minimum atomic E-state index is -0.311. The largest absolute Gasteiger partial charge is 0.489 e. The van der Waals surface area contributed by atoms with Crippen molar-refractivity contribution in [3.05, 3.63) is 58.6 Å². The second-order valence-corrected chi connectivity index (χ2v) is 12.3. The molecule has 3 N–H and O–H groups in total. The zero-order chi connectivity index (χ0) is 28.9. The van der Waals surface area contributed by atoms with Crippen LogP contribution in [0, 0.1) is 22.2 Å². The van der Waals surface area contributed by atoms with Crippen LogP contribution in [0.25, 0.3) is 0 Å². The Morgan fingerprint density at radius 2 is 1.73 bits per heavy atom. The number of carbonyl (C=O) groups is 1. The molecule has 1 amide bonds. The molecule has 0 aromatic heterocycles. The van der Waals surface area contributed by atoms with Gasteiger partial charge in [0.25, 0.3) is 5.91 Å². The fourth-order valence-corrected chi connectivity index (χ4v) is 6.56. The summed E-state index contributed by atoms with van der Waals surface area (Å²) >= 11 is 6.21. The molecule has 2 aromatic rings. The summed E-state index contributed by atoms with van der Waals surface area (Å²) in [4.78, 5) is 18.1. The van der Waals surface area contributed by atoms with Gasteiger partial charge in [-0.25, -0.2) is 0 Å². The summed E-state index contributed by atoms with van der Waals surface area (Å²) in [6, 6.07) is 15.0. The molecule has 224 valence electrons. The zero-order valence-electron chi connectivity index (χ0n) is 24.5. The first kappa shape index (κ1) is 33.0. The van der Waals surface area contributed by atoms with E-state index >= 15 is 0 Å². The van der Waals surface area contributed by atoms with Gasteiger partial charge in [-0.1, -0.05) is 39.3 Å². The van der Waals surface area contributed by atoms with E-state index in [2.05, 4.69) is 48.9 Å². The first-order chi connectivity index (χ1) is 19.1. The molecule has 1 aliphatic carbocycles. The van der Waals surface area contributed by atoms with Crippen LogP contribution >= 0.6 is 24.0 Å². The Kier molecular flexibility index (Phi) is 11.3. The van der Waals surface area contributed by atoms with E-state index in [1.165, 1.54) is 0 Å². The van der Waals surface area contributed by atoms with Gasteiger partial charge in [0.1, 0.15) is 17.9 Å². The van der Waals surface area contributed by atoms with E-state index in [9.17, 15) is 4.79 Å². The smallest absolute Gasteiger partial charge is 0.251 e. The van der Waals surface area contributed by atoms with Crippen LogP contribution in [0.3, 0.4) is 0 Å². The number of ether oxygens (including phenoxy) is 2. The van der Waals surface area contributed by atoms with Gasteiger partial charge in [0.2, 0.25) is 0 Å². The van der Waals surface area contributed by atoms with Gasteiger partial charge in [0, 0.05) is 73.5 Å². The molecule has 1 aliphatic heterocycles. The van der Waals surface area contributed by atoms with Gasteiger partial charge in [0.05, 0.1) is 17.2 Å². The fraction of sp³-hybridized carbons (Fsp3) is 0.548. The molecule has 1 saturated carbocycles. The molecule has 0 spiro atoms. The standard InChI is InChI=1S/C31H42ClN5O3.ClH/c1-30(2)28(31(3,4)29(30)40-25-11-8-23(21-34)26(32)20-25)35-27(38)22-6-9-24(10-7-22)37-15-13-36(14-16-37)17-19-39-18-5-12-33;/h6-11,20,28-29H,5,12-19,33H2,1-4H3,(H,35,38);1H. The van der Waals surface area contributed by atoms with Crippen LogP contribution in [0.4, 0.5) is 5.69 Å². The van der Waals surface area contributed by atoms with Crippen molar-refractivity contribution in [3.8, 4) is 11.8 Å². The van der Waals surface area contributed by atoms with Crippen LogP contribution in [-0.2, 0) is 4.74 Å². The van der Waals surface area contributed by atoms with E-state index in [-0.39, 0.29) is 41.3 Å². The van der Waals surface area contributed by atoms with Crippen molar-refractivity contribution in [1.29, 1.82) is 5.26 Å². The topological polar surface area (TPSA) is 104 Å². The summed E-state index contributed by atoms with van der Waals surface area (Å²) in [7, 11) is 0. The van der Waals surface area contributed by atoms with E-state index in [1.807, 2.05) is 24.3 Å². The first-order valence-corrected chi connectivity index (χ1v) is 14.5. The number of nitrogens with zero attached hydrogens (tertiary/aromatic N) is 3. The molecule has 2 fully saturated rings. The Morgan fingerprint density at radius 1 is 1.07 bits per heavy atom. The van der Waals surface area contributed by atoms with Crippen molar-refractivity contribution in [3.63, 3.8) is 0 Å². The number of halogens is 2. The van der Waals surface area contributed by atoms with Crippen LogP contribution < -0.4 is 20.7 Å². The number of nitrogens with one attached hydrogen (secondary N) is 1. The van der Waals surface area contributed by atoms with E-state index in [4.69, 9.17) is 32.1 Å². The molecular formula is C31H43Cl2N5O3. The summed E-state index contributed by atoms with van der Waals surface area (Å²) in [6.45, 7) is 15.4. The van der Waals surface area contributed by atoms with Crippen molar-refractivity contribution in [2.45, 2.75) is 46.3 Å². The Labute approximate surface area is 255 Å². The lowest BCUT2D eigenvalue weighted by molar-refractivity contribution is -0.164. The molecule has 0 atom stereocenters. The van der Waals surface area contributed by atoms with Gasteiger partial charge in [0.15, 0.2) is 0 Å². The molecule has 41 heavy (non-hydrogen) atoms. The highest BCUT2D eigenvalue weighted by molar-refractivity contribution is 6.31. The van der Waals surface area contributed by atoms with Gasteiger partial charge in [-0.15, -0.1) is 12.4 Å². The highest BCUT2D eigenvalue weighted by Crippen LogP contribution is 2.55. The van der Waals surface area contributed by atoms with Gasteiger partial charge in [-0.05, 0) is 49.4 Å². The minimum Gasteiger partial charge on any atom is -0.489 e. The number of hydrogen-bond acceptors (Lipinski definition) is 7. The van der Waals surface area contributed by atoms with E-state index < -0.39 is 0 Å². The summed E-state index contributed by atoms with van der Waals surface area (Å²) in [5.74, 6) is 0.532. The molecule has 2 aromatic carbocycles. The lowest BCUT2D eigenvalue weighted by Gasteiger charge is -2.63. The van der Waals surface area contributed by atoms with E-state index in [0.29, 0.717) is 28.4 Å². The molecule has 1 saturated heterocycles. The Morgan fingerprint density at radius 3 is 2.32 bits per heavy atom. The van der Waals surface area contributed by atoms with Crippen LogP contribution in [0.15, 0.2) is 42.5 Å². The molecular weight excluding hydrogens is 561 g/mol. The van der Waals surface area contributed by atoms with Crippen LogP contribution in [0.1, 0.15) is 50.0 Å². The van der Waals surface area contributed by atoms with Gasteiger partial charge in [-0.2, -0.15) is 5.26 Å². The lowest BCUT2D eigenvalue weighted by atomic mass is 9.49. The lowest BCUT2D eigenvalue weighted by Crippen LogP contribution is -2.74. The van der Waals surface area contributed by atoms with Gasteiger partial charge < -0.3 is 25.4 Å². The number of piperazine rings is 1. The first-order valence-electron chi connectivity index (χ1n) is 14.1. The second kappa shape index (κ2) is 14.1. The number of anilines is 1. The zero-order valence-corrected chi connectivity index (χ0v) is 26.1. The number of amides is 1. The Hall–Kier alpha value is -2.54. The minimum absolute atomic E-state index is 0. The molecule has 0 unspecified atom stereocenters. The van der Waals surface area contributed by atoms with E-state index in [0.717, 1.165) is 58.0 Å². The maximum Gasteiger partial charge on any atom is 0.251 e. The number of nitrogens with two attached hydrogens (primary N) is 1. The van der Waals surface area contributed by atoms with Crippen molar-refractivity contribution in [2.24, 2.45) is 16.6 Å². The molecule has 8 nitrogen and oxygen atoms in total. The van der Waals surface area contributed by atoms with Crippen molar-refractivity contribution >= 4 is 35.6 Å². The highest BCUT2D eigenvalue weighted by Gasteiger charge is 2.64. The number of benzene rings is 2. The number of rotatable bonds is 11. The number of hydrogen-bond donors (Lipinski definition) is 2. The third-order valence-electron chi connectivity index (χ3n) is 8.34. The van der Waals surface area contributed by atoms with Gasteiger partial charge >= 0.3 is 0 Å².